The van der Waals surface area contributed by atoms with E-state index in [1.165, 1.54) is 11.3 Å². The zero-order valence-electron chi connectivity index (χ0n) is 12.5. The Morgan fingerprint density at radius 3 is 2.24 bits per heavy atom. The van der Waals surface area contributed by atoms with Crippen LogP contribution in [0.15, 0.2) is 54.6 Å². The van der Waals surface area contributed by atoms with Crippen LogP contribution in [-0.2, 0) is 6.54 Å². The van der Waals surface area contributed by atoms with Crippen LogP contribution in [0.1, 0.15) is 5.56 Å². The van der Waals surface area contributed by atoms with Crippen LogP contribution in [0.2, 0.25) is 0 Å². The van der Waals surface area contributed by atoms with Crippen LogP contribution in [0.5, 0.6) is 5.75 Å². The monoisotopic (exact) mass is 282 g/mol. The van der Waals surface area contributed by atoms with Crippen molar-refractivity contribution in [1.82, 2.24) is 4.90 Å². The van der Waals surface area contributed by atoms with Gasteiger partial charge in [0.25, 0.3) is 0 Å². The van der Waals surface area contributed by atoms with Crippen LogP contribution in [0.4, 0.5) is 5.69 Å². The Hall–Kier alpha value is -2.00. The molecule has 21 heavy (non-hydrogen) atoms. The first-order valence-electron chi connectivity index (χ1n) is 7.51. The zero-order valence-corrected chi connectivity index (χ0v) is 12.5. The largest absolute Gasteiger partial charge is 0.496 e. The number of ether oxygens (including phenoxy) is 1. The normalized spacial score (nSPS) is 16.0. The third-order valence-corrected chi connectivity index (χ3v) is 4.08. The highest BCUT2D eigenvalue weighted by Gasteiger charge is 2.18. The summed E-state index contributed by atoms with van der Waals surface area (Å²) in [5.74, 6) is 0.989. The smallest absolute Gasteiger partial charge is 0.123 e. The van der Waals surface area contributed by atoms with E-state index >= 15 is 0 Å². The maximum atomic E-state index is 5.44. The number of piperazine rings is 1. The van der Waals surface area contributed by atoms with Gasteiger partial charge in [-0.3, -0.25) is 4.90 Å². The molecule has 0 amide bonds. The van der Waals surface area contributed by atoms with Crippen molar-refractivity contribution in [3.8, 4) is 5.75 Å². The fraction of sp³-hybridized carbons (Fsp3) is 0.333. The van der Waals surface area contributed by atoms with E-state index in [0.717, 1.165) is 38.5 Å². The maximum Gasteiger partial charge on any atom is 0.123 e. The van der Waals surface area contributed by atoms with Crippen molar-refractivity contribution in [1.29, 1.82) is 0 Å². The molecule has 3 nitrogen and oxygen atoms in total. The fourth-order valence-electron chi connectivity index (χ4n) is 2.88. The van der Waals surface area contributed by atoms with Crippen molar-refractivity contribution >= 4 is 5.69 Å². The molecule has 1 aliphatic rings. The number of nitrogens with zero attached hydrogens (tertiary/aromatic N) is 2. The van der Waals surface area contributed by atoms with E-state index in [4.69, 9.17) is 4.74 Å². The maximum absolute atomic E-state index is 5.44. The Balaban J connectivity index is 1.59. The van der Waals surface area contributed by atoms with Crippen LogP contribution in [0.25, 0.3) is 0 Å². The molecule has 1 saturated heterocycles. The molecule has 3 heteroatoms. The van der Waals surface area contributed by atoms with Gasteiger partial charge in [0.15, 0.2) is 0 Å². The third kappa shape index (κ3) is 3.37. The van der Waals surface area contributed by atoms with Gasteiger partial charge >= 0.3 is 0 Å². The second kappa shape index (κ2) is 6.64. The Morgan fingerprint density at radius 1 is 0.857 bits per heavy atom. The second-order valence-corrected chi connectivity index (χ2v) is 5.41. The standard InChI is InChI=1S/C18H22N2O/c1-21-18-10-6-5-7-16(18)15-19-11-13-20(14-12-19)17-8-3-2-4-9-17/h2-10H,11-15H2,1H3. The van der Waals surface area contributed by atoms with Crippen molar-refractivity contribution in [2.75, 3.05) is 38.2 Å². The highest BCUT2D eigenvalue weighted by atomic mass is 16.5. The van der Waals surface area contributed by atoms with Gasteiger partial charge in [0, 0.05) is 44.0 Å². The van der Waals surface area contributed by atoms with Gasteiger partial charge in [-0.1, -0.05) is 36.4 Å². The molecular formula is C18H22N2O. The molecule has 0 N–H and O–H groups in total. The topological polar surface area (TPSA) is 15.7 Å². The quantitative estimate of drug-likeness (QED) is 0.857. The molecule has 1 aliphatic heterocycles. The van der Waals surface area contributed by atoms with E-state index in [1.54, 1.807) is 7.11 Å². The van der Waals surface area contributed by atoms with Gasteiger partial charge in [0.1, 0.15) is 5.75 Å². The molecule has 110 valence electrons. The zero-order chi connectivity index (χ0) is 14.5. The lowest BCUT2D eigenvalue weighted by molar-refractivity contribution is 0.246. The first-order valence-corrected chi connectivity index (χ1v) is 7.51. The van der Waals surface area contributed by atoms with Gasteiger partial charge in [0.2, 0.25) is 0 Å². The van der Waals surface area contributed by atoms with E-state index in [9.17, 15) is 0 Å². The highest BCUT2D eigenvalue weighted by molar-refractivity contribution is 5.46. The molecule has 0 aliphatic carbocycles. The minimum Gasteiger partial charge on any atom is -0.496 e. The van der Waals surface area contributed by atoms with Crippen molar-refractivity contribution in [2.45, 2.75) is 6.54 Å². The van der Waals surface area contributed by atoms with Crippen molar-refractivity contribution in [3.63, 3.8) is 0 Å². The molecule has 1 fully saturated rings. The highest BCUT2D eigenvalue weighted by Crippen LogP contribution is 2.21. The van der Waals surface area contributed by atoms with Crippen LogP contribution in [0.3, 0.4) is 0 Å². The Morgan fingerprint density at radius 2 is 1.52 bits per heavy atom. The first kappa shape index (κ1) is 14.0. The van der Waals surface area contributed by atoms with E-state index < -0.39 is 0 Å². The van der Waals surface area contributed by atoms with E-state index in [-0.39, 0.29) is 0 Å². The summed E-state index contributed by atoms with van der Waals surface area (Å²) >= 11 is 0. The van der Waals surface area contributed by atoms with Crippen LogP contribution in [0, 0.1) is 0 Å². The van der Waals surface area contributed by atoms with Gasteiger partial charge in [0.05, 0.1) is 7.11 Å². The van der Waals surface area contributed by atoms with Crippen molar-refractivity contribution in [2.24, 2.45) is 0 Å². The average Bonchev–Trinajstić information content (AvgIpc) is 2.57. The minimum atomic E-state index is 0.965. The molecule has 0 atom stereocenters. The summed E-state index contributed by atoms with van der Waals surface area (Å²) in [5.41, 5.74) is 2.60. The summed E-state index contributed by atoms with van der Waals surface area (Å²) in [4.78, 5) is 4.95. The Labute approximate surface area is 126 Å². The van der Waals surface area contributed by atoms with Crippen molar-refractivity contribution < 1.29 is 4.74 Å². The van der Waals surface area contributed by atoms with Crippen LogP contribution >= 0.6 is 0 Å². The predicted octanol–water partition coefficient (Wildman–Crippen LogP) is 3.02. The number of benzene rings is 2. The van der Waals surface area contributed by atoms with E-state index in [1.807, 2.05) is 12.1 Å². The molecule has 2 aromatic rings. The summed E-state index contributed by atoms with van der Waals surface area (Å²) in [6.45, 7) is 5.31. The van der Waals surface area contributed by atoms with Crippen molar-refractivity contribution in [3.05, 3.63) is 60.2 Å². The van der Waals surface area contributed by atoms with Gasteiger partial charge in [-0.25, -0.2) is 0 Å². The molecular weight excluding hydrogens is 260 g/mol. The molecule has 1 heterocycles. The van der Waals surface area contributed by atoms with E-state index in [0.29, 0.717) is 0 Å². The molecule has 0 bridgehead atoms. The molecule has 0 aromatic heterocycles. The molecule has 0 spiro atoms. The lowest BCUT2D eigenvalue weighted by Gasteiger charge is -2.36. The van der Waals surface area contributed by atoms with E-state index in [2.05, 4.69) is 52.3 Å². The fourth-order valence-corrected chi connectivity index (χ4v) is 2.88. The Bertz CT molecular complexity index is 562. The van der Waals surface area contributed by atoms with Gasteiger partial charge < -0.3 is 9.64 Å². The number of rotatable bonds is 4. The number of anilines is 1. The minimum absolute atomic E-state index is 0.965. The van der Waals surface area contributed by atoms with Gasteiger partial charge in [-0.2, -0.15) is 0 Å². The second-order valence-electron chi connectivity index (χ2n) is 5.41. The lowest BCUT2D eigenvalue weighted by atomic mass is 10.1. The number of para-hydroxylation sites is 2. The third-order valence-electron chi connectivity index (χ3n) is 4.08. The molecule has 0 unspecified atom stereocenters. The van der Waals surface area contributed by atoms with Crippen LogP contribution < -0.4 is 9.64 Å². The summed E-state index contributed by atoms with van der Waals surface area (Å²) < 4.78 is 5.44. The molecule has 2 aromatic carbocycles. The predicted molar refractivity (Wildman–Crippen MR) is 86.9 cm³/mol. The number of hydrogen-bond acceptors (Lipinski definition) is 3. The number of methoxy groups -OCH3 is 1. The Kier molecular flexibility index (Phi) is 4.41. The summed E-state index contributed by atoms with van der Waals surface area (Å²) in [6, 6.07) is 19.0. The average molecular weight is 282 g/mol. The molecule has 0 saturated carbocycles. The lowest BCUT2D eigenvalue weighted by Crippen LogP contribution is -2.45. The summed E-state index contributed by atoms with van der Waals surface area (Å²) in [5, 5.41) is 0. The van der Waals surface area contributed by atoms with Gasteiger partial charge in [-0.05, 0) is 18.2 Å². The molecule has 3 rings (SSSR count). The molecule has 0 radical (unpaired) electrons. The summed E-state index contributed by atoms with van der Waals surface area (Å²) in [7, 11) is 1.74. The number of hydrogen-bond donors (Lipinski definition) is 0. The first-order chi connectivity index (χ1) is 10.4. The van der Waals surface area contributed by atoms with Crippen LogP contribution in [-0.4, -0.2) is 38.2 Å². The summed E-state index contributed by atoms with van der Waals surface area (Å²) in [6.07, 6.45) is 0. The SMILES string of the molecule is COc1ccccc1CN1CCN(c2ccccc2)CC1. The van der Waals surface area contributed by atoms with Gasteiger partial charge in [-0.15, -0.1) is 0 Å².